The topological polar surface area (TPSA) is 3.24 Å². The van der Waals surface area contributed by atoms with Crippen LogP contribution < -0.4 is 0 Å². The lowest BCUT2D eigenvalue weighted by molar-refractivity contribution is 0.250. The summed E-state index contributed by atoms with van der Waals surface area (Å²) in [6.45, 7) is 6.17. The van der Waals surface area contributed by atoms with Crippen LogP contribution in [0.5, 0.6) is 0 Å². The third-order valence-corrected chi connectivity index (χ3v) is 4.19. The molecule has 0 aromatic heterocycles. The Morgan fingerprint density at radius 1 is 1.31 bits per heavy atom. The Kier molecular flexibility index (Phi) is 2.56. The van der Waals surface area contributed by atoms with E-state index in [1.165, 1.54) is 25.8 Å². The maximum Gasteiger partial charge on any atom is 0.0171 e. The summed E-state index contributed by atoms with van der Waals surface area (Å²) in [5, 5.41) is 0. The van der Waals surface area contributed by atoms with Crippen LogP contribution in [0, 0.1) is 0 Å². The summed E-state index contributed by atoms with van der Waals surface area (Å²) in [6.07, 6.45) is 5.96. The normalized spacial score (nSPS) is 28.5. The second kappa shape index (κ2) is 4.06. The second-order valence-electron chi connectivity index (χ2n) is 4.98. The Labute approximate surface area is 97.8 Å². The van der Waals surface area contributed by atoms with Crippen LogP contribution in [0.3, 0.4) is 0 Å². The first kappa shape index (κ1) is 10.1. The van der Waals surface area contributed by atoms with E-state index in [4.69, 9.17) is 0 Å². The van der Waals surface area contributed by atoms with E-state index in [0.717, 1.165) is 18.5 Å². The van der Waals surface area contributed by atoms with Crippen molar-refractivity contribution >= 4 is 0 Å². The Balaban J connectivity index is 1.90. The van der Waals surface area contributed by atoms with Gasteiger partial charge in [0.1, 0.15) is 0 Å². The average Bonchev–Trinajstić information content (AvgIpc) is 2.73. The zero-order valence-corrected chi connectivity index (χ0v) is 9.73. The first-order chi connectivity index (χ1) is 7.90. The molecular weight excluding hydrogens is 194 g/mol. The van der Waals surface area contributed by atoms with Crippen molar-refractivity contribution in [2.24, 2.45) is 0 Å². The van der Waals surface area contributed by atoms with E-state index < -0.39 is 0 Å². The Hall–Kier alpha value is -1.08. The van der Waals surface area contributed by atoms with Gasteiger partial charge in [-0.25, -0.2) is 0 Å². The Morgan fingerprint density at radius 3 is 3.06 bits per heavy atom. The van der Waals surface area contributed by atoms with Gasteiger partial charge in [0, 0.05) is 18.5 Å². The van der Waals surface area contributed by atoms with Gasteiger partial charge in [-0.05, 0) is 36.9 Å². The minimum absolute atomic E-state index is 0.771. The van der Waals surface area contributed by atoms with Crippen molar-refractivity contribution in [1.82, 2.24) is 4.90 Å². The predicted molar refractivity (Wildman–Crippen MR) is 67.7 cm³/mol. The lowest BCUT2D eigenvalue weighted by Crippen LogP contribution is -2.35. The summed E-state index contributed by atoms with van der Waals surface area (Å²) in [4.78, 5) is 2.60. The molecule has 0 saturated carbocycles. The van der Waals surface area contributed by atoms with E-state index in [1.807, 2.05) is 6.08 Å². The first-order valence-corrected chi connectivity index (χ1v) is 6.33. The van der Waals surface area contributed by atoms with Gasteiger partial charge in [0.15, 0.2) is 0 Å². The molecule has 2 atom stereocenters. The molecule has 0 amide bonds. The molecule has 0 N–H and O–H groups in total. The largest absolute Gasteiger partial charge is 0.296 e. The summed E-state index contributed by atoms with van der Waals surface area (Å²) in [6, 6.07) is 9.78. The lowest BCUT2D eigenvalue weighted by Gasteiger charge is -2.32. The van der Waals surface area contributed by atoms with Gasteiger partial charge in [0.2, 0.25) is 0 Å². The fraction of sp³-hybridized carbons (Fsp3) is 0.467. The van der Waals surface area contributed by atoms with Gasteiger partial charge < -0.3 is 0 Å². The molecule has 1 heteroatoms. The predicted octanol–water partition coefficient (Wildman–Crippen LogP) is 2.98. The maximum atomic E-state index is 3.86. The number of aryl methyl sites for hydroxylation is 1. The van der Waals surface area contributed by atoms with Crippen LogP contribution in [-0.4, -0.2) is 24.0 Å². The van der Waals surface area contributed by atoms with Crippen molar-refractivity contribution in [3.63, 3.8) is 0 Å². The molecule has 2 aliphatic rings. The van der Waals surface area contributed by atoms with Gasteiger partial charge >= 0.3 is 0 Å². The molecule has 3 rings (SSSR count). The smallest absolute Gasteiger partial charge is 0.0171 e. The highest BCUT2D eigenvalue weighted by Gasteiger charge is 2.37. The molecule has 0 bridgehead atoms. The van der Waals surface area contributed by atoms with Gasteiger partial charge in [-0.15, -0.1) is 6.58 Å². The molecule has 0 spiro atoms. The van der Waals surface area contributed by atoms with Crippen LogP contribution in [0.25, 0.3) is 0 Å². The van der Waals surface area contributed by atoms with Gasteiger partial charge in [-0.2, -0.15) is 0 Å². The second-order valence-corrected chi connectivity index (χ2v) is 4.98. The van der Waals surface area contributed by atoms with Gasteiger partial charge in [0.05, 0.1) is 0 Å². The van der Waals surface area contributed by atoms with Gasteiger partial charge in [-0.3, -0.25) is 4.90 Å². The highest BCUT2D eigenvalue weighted by atomic mass is 15.2. The monoisotopic (exact) mass is 213 g/mol. The summed E-state index contributed by atoms with van der Waals surface area (Å²) in [5.74, 6) is 0.782. The summed E-state index contributed by atoms with van der Waals surface area (Å²) in [7, 11) is 0. The molecule has 1 aliphatic carbocycles. The number of fused-ring (bicyclic) bond motifs is 3. The van der Waals surface area contributed by atoms with E-state index in [9.17, 15) is 0 Å². The molecule has 1 aromatic carbocycles. The van der Waals surface area contributed by atoms with Crippen LogP contribution in [0.4, 0.5) is 0 Å². The zero-order valence-electron chi connectivity index (χ0n) is 9.73. The fourth-order valence-corrected chi connectivity index (χ4v) is 3.48. The standard InChI is InChI=1S/C15H19N/c1-2-10-16-11-9-14-13-6-4-3-5-12(13)7-8-15(14)16/h2-6,14-15H,1,7-11H2/t14-,15+/m1/s1. The van der Waals surface area contributed by atoms with Crippen LogP contribution in [0.2, 0.25) is 0 Å². The van der Waals surface area contributed by atoms with Gasteiger partial charge in [0.25, 0.3) is 0 Å². The van der Waals surface area contributed by atoms with E-state index in [-0.39, 0.29) is 0 Å². The average molecular weight is 213 g/mol. The lowest BCUT2D eigenvalue weighted by atomic mass is 9.79. The van der Waals surface area contributed by atoms with Crippen molar-refractivity contribution in [3.8, 4) is 0 Å². The molecule has 0 unspecified atom stereocenters. The molecular formula is C15H19N. The molecule has 1 nitrogen and oxygen atoms in total. The number of nitrogens with zero attached hydrogens (tertiary/aromatic N) is 1. The van der Waals surface area contributed by atoms with Crippen molar-refractivity contribution in [1.29, 1.82) is 0 Å². The SMILES string of the molecule is C=CCN1CC[C@@H]2c3ccccc3CC[C@@H]21. The summed E-state index contributed by atoms with van der Waals surface area (Å²) in [5.41, 5.74) is 3.20. The highest BCUT2D eigenvalue weighted by Crippen LogP contribution is 2.41. The molecule has 84 valence electrons. The minimum atomic E-state index is 0.771. The van der Waals surface area contributed by atoms with Gasteiger partial charge in [-0.1, -0.05) is 30.3 Å². The molecule has 1 fully saturated rings. The third-order valence-electron chi connectivity index (χ3n) is 4.19. The quantitative estimate of drug-likeness (QED) is 0.683. The fourth-order valence-electron chi connectivity index (χ4n) is 3.48. The maximum absolute atomic E-state index is 3.86. The van der Waals surface area contributed by atoms with Crippen LogP contribution in [0.1, 0.15) is 29.9 Å². The number of rotatable bonds is 2. The molecule has 1 aliphatic heterocycles. The number of hydrogen-bond acceptors (Lipinski definition) is 1. The van der Waals surface area contributed by atoms with E-state index in [0.29, 0.717) is 0 Å². The molecule has 1 saturated heterocycles. The van der Waals surface area contributed by atoms with E-state index in [2.05, 4.69) is 35.7 Å². The van der Waals surface area contributed by atoms with Crippen molar-refractivity contribution in [3.05, 3.63) is 48.0 Å². The Morgan fingerprint density at radius 2 is 2.19 bits per heavy atom. The molecule has 1 aromatic rings. The van der Waals surface area contributed by atoms with Crippen molar-refractivity contribution in [2.45, 2.75) is 31.2 Å². The first-order valence-electron chi connectivity index (χ1n) is 6.33. The van der Waals surface area contributed by atoms with E-state index in [1.54, 1.807) is 11.1 Å². The molecule has 1 heterocycles. The molecule has 0 radical (unpaired) electrons. The minimum Gasteiger partial charge on any atom is -0.296 e. The summed E-state index contributed by atoms with van der Waals surface area (Å²) < 4.78 is 0. The van der Waals surface area contributed by atoms with Crippen molar-refractivity contribution < 1.29 is 0 Å². The number of hydrogen-bond donors (Lipinski definition) is 0. The van der Waals surface area contributed by atoms with Crippen LogP contribution >= 0.6 is 0 Å². The highest BCUT2D eigenvalue weighted by molar-refractivity contribution is 5.35. The number of likely N-dealkylation sites (tertiary alicyclic amines) is 1. The summed E-state index contributed by atoms with van der Waals surface area (Å²) >= 11 is 0. The number of benzene rings is 1. The van der Waals surface area contributed by atoms with Crippen LogP contribution in [-0.2, 0) is 6.42 Å². The van der Waals surface area contributed by atoms with Crippen LogP contribution in [0.15, 0.2) is 36.9 Å². The Bertz CT molecular complexity index is 396. The zero-order chi connectivity index (χ0) is 11.0. The van der Waals surface area contributed by atoms with Crippen molar-refractivity contribution in [2.75, 3.05) is 13.1 Å². The third kappa shape index (κ3) is 1.51. The molecule has 16 heavy (non-hydrogen) atoms. The van der Waals surface area contributed by atoms with E-state index >= 15 is 0 Å².